The molecule has 1 aromatic heterocycles. The van der Waals surface area contributed by atoms with E-state index in [-0.39, 0.29) is 0 Å². The molecule has 7 heteroatoms. The van der Waals surface area contributed by atoms with E-state index in [1.807, 2.05) is 54.6 Å². The number of anilines is 3. The van der Waals surface area contributed by atoms with Gasteiger partial charge in [0.1, 0.15) is 11.5 Å². The third-order valence-corrected chi connectivity index (χ3v) is 3.47. The zero-order valence-corrected chi connectivity index (χ0v) is 14.6. The van der Waals surface area contributed by atoms with Crippen LogP contribution in [0.5, 0.6) is 11.5 Å². The SMILES string of the molecule is COCCCNc1nncc(Nc2ccc(Oc3ccccc3)cc2)n1. The molecule has 3 rings (SSSR count). The average molecular weight is 351 g/mol. The van der Waals surface area contributed by atoms with Gasteiger partial charge in [-0.1, -0.05) is 18.2 Å². The second-order valence-corrected chi connectivity index (χ2v) is 5.50. The predicted octanol–water partition coefficient (Wildman–Crippen LogP) is 3.86. The summed E-state index contributed by atoms with van der Waals surface area (Å²) in [6.07, 6.45) is 2.45. The standard InChI is InChI=1S/C19H21N5O2/c1-25-13-5-12-20-19-23-18(14-21-24-19)22-15-8-10-17(11-9-15)26-16-6-3-2-4-7-16/h2-4,6-11,14H,5,12-13H2,1H3,(H2,20,22,23,24). The molecule has 26 heavy (non-hydrogen) atoms. The lowest BCUT2D eigenvalue weighted by molar-refractivity contribution is 0.197. The van der Waals surface area contributed by atoms with Gasteiger partial charge in [-0.25, -0.2) is 0 Å². The maximum Gasteiger partial charge on any atom is 0.244 e. The highest BCUT2D eigenvalue weighted by molar-refractivity contribution is 5.57. The summed E-state index contributed by atoms with van der Waals surface area (Å²) in [5.41, 5.74) is 0.885. The van der Waals surface area contributed by atoms with Crippen molar-refractivity contribution in [1.82, 2.24) is 15.2 Å². The number of benzene rings is 2. The van der Waals surface area contributed by atoms with E-state index in [9.17, 15) is 0 Å². The number of hydrogen-bond acceptors (Lipinski definition) is 7. The van der Waals surface area contributed by atoms with Crippen LogP contribution in [0.25, 0.3) is 0 Å². The fraction of sp³-hybridized carbons (Fsp3) is 0.211. The number of hydrogen-bond donors (Lipinski definition) is 2. The van der Waals surface area contributed by atoms with Gasteiger partial charge in [-0.2, -0.15) is 10.1 Å². The first-order chi connectivity index (χ1) is 12.8. The van der Waals surface area contributed by atoms with E-state index in [1.165, 1.54) is 0 Å². The van der Waals surface area contributed by atoms with Crippen molar-refractivity contribution in [1.29, 1.82) is 0 Å². The molecular formula is C19H21N5O2. The summed E-state index contributed by atoms with van der Waals surface area (Å²) in [7, 11) is 1.68. The number of rotatable bonds is 9. The smallest absolute Gasteiger partial charge is 0.244 e. The van der Waals surface area contributed by atoms with Gasteiger partial charge in [0.25, 0.3) is 0 Å². The predicted molar refractivity (Wildman–Crippen MR) is 101 cm³/mol. The van der Waals surface area contributed by atoms with Gasteiger partial charge >= 0.3 is 0 Å². The second-order valence-electron chi connectivity index (χ2n) is 5.50. The molecule has 0 saturated heterocycles. The number of methoxy groups -OCH3 is 1. The Bertz CT molecular complexity index is 797. The number of aromatic nitrogens is 3. The molecule has 0 radical (unpaired) electrons. The highest BCUT2D eigenvalue weighted by Gasteiger charge is 2.02. The highest BCUT2D eigenvalue weighted by atomic mass is 16.5. The van der Waals surface area contributed by atoms with E-state index in [2.05, 4.69) is 25.8 Å². The summed E-state index contributed by atoms with van der Waals surface area (Å²) in [4.78, 5) is 4.39. The normalized spacial score (nSPS) is 10.3. The third-order valence-electron chi connectivity index (χ3n) is 3.47. The number of ether oxygens (including phenoxy) is 2. The summed E-state index contributed by atoms with van der Waals surface area (Å²) in [5.74, 6) is 2.67. The Labute approximate surface area is 152 Å². The topological polar surface area (TPSA) is 81.2 Å². The van der Waals surface area contributed by atoms with Crippen LogP contribution < -0.4 is 15.4 Å². The molecule has 7 nitrogen and oxygen atoms in total. The van der Waals surface area contributed by atoms with Crippen molar-refractivity contribution < 1.29 is 9.47 Å². The highest BCUT2D eigenvalue weighted by Crippen LogP contribution is 2.23. The molecule has 3 aromatic rings. The van der Waals surface area contributed by atoms with Crippen molar-refractivity contribution in [2.24, 2.45) is 0 Å². The van der Waals surface area contributed by atoms with Crippen LogP contribution in [0.2, 0.25) is 0 Å². The van der Waals surface area contributed by atoms with Crippen LogP contribution in [-0.2, 0) is 4.74 Å². The molecular weight excluding hydrogens is 330 g/mol. The quantitative estimate of drug-likeness (QED) is 0.567. The Morgan fingerprint density at radius 2 is 1.73 bits per heavy atom. The molecule has 0 unspecified atom stereocenters. The molecule has 0 saturated carbocycles. The zero-order valence-electron chi connectivity index (χ0n) is 14.6. The summed E-state index contributed by atoms with van der Waals surface area (Å²) >= 11 is 0. The molecule has 0 aliphatic heterocycles. The van der Waals surface area contributed by atoms with Gasteiger partial charge in [0.15, 0.2) is 5.82 Å². The fourth-order valence-corrected chi connectivity index (χ4v) is 2.23. The van der Waals surface area contributed by atoms with Crippen molar-refractivity contribution >= 4 is 17.5 Å². The van der Waals surface area contributed by atoms with Crippen molar-refractivity contribution in [2.45, 2.75) is 6.42 Å². The van der Waals surface area contributed by atoms with Gasteiger partial charge < -0.3 is 20.1 Å². The largest absolute Gasteiger partial charge is 0.457 e. The zero-order chi connectivity index (χ0) is 18.0. The van der Waals surface area contributed by atoms with Gasteiger partial charge in [-0.05, 0) is 42.8 Å². The lowest BCUT2D eigenvalue weighted by atomic mass is 10.3. The Balaban J connectivity index is 1.57. The fourth-order valence-electron chi connectivity index (χ4n) is 2.23. The molecule has 0 bridgehead atoms. The minimum Gasteiger partial charge on any atom is -0.457 e. The summed E-state index contributed by atoms with van der Waals surface area (Å²) in [6, 6.07) is 17.3. The molecule has 0 fully saturated rings. The minimum absolute atomic E-state index is 0.482. The molecule has 1 heterocycles. The van der Waals surface area contributed by atoms with Crippen molar-refractivity contribution in [2.75, 3.05) is 30.9 Å². The van der Waals surface area contributed by atoms with Crippen LogP contribution in [0, 0.1) is 0 Å². The van der Waals surface area contributed by atoms with E-state index < -0.39 is 0 Å². The first kappa shape index (κ1) is 17.6. The van der Waals surface area contributed by atoms with E-state index >= 15 is 0 Å². The van der Waals surface area contributed by atoms with Crippen molar-refractivity contribution in [3.8, 4) is 11.5 Å². The Hall–Kier alpha value is -3.19. The van der Waals surface area contributed by atoms with Crippen LogP contribution in [0.4, 0.5) is 17.5 Å². The Morgan fingerprint density at radius 1 is 0.962 bits per heavy atom. The molecule has 2 N–H and O–H groups in total. The molecule has 0 atom stereocenters. The van der Waals surface area contributed by atoms with Crippen LogP contribution in [0.15, 0.2) is 60.8 Å². The summed E-state index contributed by atoms with van der Waals surface area (Å²) in [5, 5.41) is 14.2. The van der Waals surface area contributed by atoms with Crippen LogP contribution >= 0.6 is 0 Å². The molecule has 2 aromatic carbocycles. The maximum absolute atomic E-state index is 5.78. The first-order valence-corrected chi connectivity index (χ1v) is 8.36. The molecule has 0 amide bonds. The van der Waals surface area contributed by atoms with Crippen LogP contribution in [0.1, 0.15) is 6.42 Å². The second kappa shape index (κ2) is 9.33. The molecule has 0 spiro atoms. The summed E-state index contributed by atoms with van der Waals surface area (Å²) in [6.45, 7) is 1.42. The van der Waals surface area contributed by atoms with E-state index in [0.29, 0.717) is 18.4 Å². The van der Waals surface area contributed by atoms with Crippen molar-refractivity contribution in [3.63, 3.8) is 0 Å². The van der Waals surface area contributed by atoms with E-state index in [4.69, 9.17) is 9.47 Å². The number of nitrogens with one attached hydrogen (secondary N) is 2. The van der Waals surface area contributed by atoms with Crippen LogP contribution in [0.3, 0.4) is 0 Å². The van der Waals surface area contributed by atoms with Gasteiger partial charge in [0, 0.05) is 25.9 Å². The maximum atomic E-state index is 5.78. The lowest BCUT2D eigenvalue weighted by Crippen LogP contribution is -2.09. The third kappa shape index (κ3) is 5.42. The number of nitrogens with zero attached hydrogens (tertiary/aromatic N) is 3. The van der Waals surface area contributed by atoms with Crippen molar-refractivity contribution in [3.05, 3.63) is 60.8 Å². The van der Waals surface area contributed by atoms with Gasteiger partial charge in [-0.3, -0.25) is 0 Å². The van der Waals surface area contributed by atoms with Gasteiger partial charge in [0.2, 0.25) is 5.95 Å². The lowest BCUT2D eigenvalue weighted by Gasteiger charge is -2.09. The first-order valence-electron chi connectivity index (χ1n) is 8.36. The molecule has 134 valence electrons. The summed E-state index contributed by atoms with van der Waals surface area (Å²) < 4.78 is 10.8. The van der Waals surface area contributed by atoms with Crippen LogP contribution in [-0.4, -0.2) is 35.4 Å². The number of para-hydroxylation sites is 1. The van der Waals surface area contributed by atoms with E-state index in [0.717, 1.165) is 30.2 Å². The Kier molecular flexibility index (Phi) is 6.33. The average Bonchev–Trinajstić information content (AvgIpc) is 2.68. The van der Waals surface area contributed by atoms with Gasteiger partial charge in [0.05, 0.1) is 6.20 Å². The van der Waals surface area contributed by atoms with Gasteiger partial charge in [-0.15, -0.1) is 5.10 Å². The minimum atomic E-state index is 0.482. The molecule has 0 aliphatic rings. The van der Waals surface area contributed by atoms with E-state index in [1.54, 1.807) is 13.3 Å². The Morgan fingerprint density at radius 3 is 2.50 bits per heavy atom. The monoisotopic (exact) mass is 351 g/mol. The molecule has 0 aliphatic carbocycles.